The number of carbonyl (C=O) groups excluding carboxylic acids is 3. The molecule has 0 N–H and O–H groups in total. The lowest BCUT2D eigenvalue weighted by Gasteiger charge is -2.48. The third-order valence-corrected chi connectivity index (χ3v) is 5.65. The summed E-state index contributed by atoms with van der Waals surface area (Å²) < 4.78 is 5.67. The van der Waals surface area contributed by atoms with Crippen LogP contribution in [0.15, 0.2) is 54.6 Å². The van der Waals surface area contributed by atoms with Gasteiger partial charge in [-0.05, 0) is 24.1 Å². The number of carbonyl (C=O) groups is 3. The van der Waals surface area contributed by atoms with Crippen LogP contribution in [-0.4, -0.2) is 34.9 Å². The van der Waals surface area contributed by atoms with E-state index in [9.17, 15) is 14.4 Å². The zero-order valence-corrected chi connectivity index (χ0v) is 16.5. The first-order valence-corrected chi connectivity index (χ1v) is 10.0. The van der Waals surface area contributed by atoms with Crippen LogP contribution >= 0.6 is 0 Å². The van der Waals surface area contributed by atoms with Crippen LogP contribution in [0.5, 0.6) is 0 Å². The van der Waals surface area contributed by atoms with Crippen molar-refractivity contribution in [2.75, 3.05) is 11.4 Å². The molecule has 0 radical (unpaired) electrons. The van der Waals surface area contributed by atoms with Gasteiger partial charge in [0.05, 0.1) is 11.3 Å². The van der Waals surface area contributed by atoms with Crippen molar-refractivity contribution in [2.24, 2.45) is 0 Å². The lowest BCUT2D eigenvalue weighted by Crippen LogP contribution is -2.68. The van der Waals surface area contributed by atoms with Gasteiger partial charge in [0.15, 0.2) is 0 Å². The van der Waals surface area contributed by atoms with Gasteiger partial charge in [-0.25, -0.2) is 4.79 Å². The largest absolute Gasteiger partial charge is 0.458 e. The van der Waals surface area contributed by atoms with Gasteiger partial charge in [0.1, 0.15) is 6.61 Å². The predicted molar refractivity (Wildman–Crippen MR) is 108 cm³/mol. The van der Waals surface area contributed by atoms with Crippen molar-refractivity contribution < 1.29 is 19.1 Å². The number of hydrogen-bond acceptors (Lipinski definition) is 4. The minimum atomic E-state index is -1.41. The van der Waals surface area contributed by atoms with Crippen molar-refractivity contribution >= 4 is 23.5 Å². The van der Waals surface area contributed by atoms with E-state index in [1.165, 1.54) is 4.90 Å². The second kappa shape index (κ2) is 7.70. The molecule has 2 aliphatic heterocycles. The lowest BCUT2D eigenvalue weighted by molar-refractivity contribution is -0.158. The van der Waals surface area contributed by atoms with Gasteiger partial charge in [0.2, 0.25) is 11.6 Å². The molecular formula is C23H24N2O4. The molecule has 2 amide bonds. The topological polar surface area (TPSA) is 66.9 Å². The molecule has 1 fully saturated rings. The van der Waals surface area contributed by atoms with Gasteiger partial charge in [0, 0.05) is 19.4 Å². The number of nitrogens with zero attached hydrogens (tertiary/aromatic N) is 2. The van der Waals surface area contributed by atoms with Gasteiger partial charge in [-0.2, -0.15) is 0 Å². The fourth-order valence-electron chi connectivity index (χ4n) is 4.21. The summed E-state index contributed by atoms with van der Waals surface area (Å²) in [5, 5.41) is 0. The minimum absolute atomic E-state index is 0.0981. The maximum absolute atomic E-state index is 13.4. The van der Waals surface area contributed by atoms with Gasteiger partial charge >= 0.3 is 5.97 Å². The SMILES string of the molecule is CCCCN1C(=O)c2ccccc2N2C(=O)CC[C@@]12C(=O)OCc1ccccc1. The van der Waals surface area contributed by atoms with Gasteiger partial charge in [-0.3, -0.25) is 14.5 Å². The fourth-order valence-corrected chi connectivity index (χ4v) is 4.21. The summed E-state index contributed by atoms with van der Waals surface area (Å²) in [4.78, 5) is 42.7. The van der Waals surface area contributed by atoms with Crippen LogP contribution in [-0.2, 0) is 20.9 Å². The Balaban J connectivity index is 1.75. The molecule has 6 nitrogen and oxygen atoms in total. The Morgan fingerprint density at radius 1 is 1.07 bits per heavy atom. The number of hydrogen-bond donors (Lipinski definition) is 0. The second-order valence-electron chi connectivity index (χ2n) is 7.43. The Kier molecular flexibility index (Phi) is 5.09. The monoisotopic (exact) mass is 392 g/mol. The number of amides is 2. The Labute approximate surface area is 170 Å². The highest BCUT2D eigenvalue weighted by Crippen LogP contribution is 2.45. The van der Waals surface area contributed by atoms with E-state index in [-0.39, 0.29) is 31.3 Å². The quantitative estimate of drug-likeness (QED) is 0.706. The Bertz CT molecular complexity index is 943. The first kappa shape index (κ1) is 19.2. The number of fused-ring (bicyclic) bond motifs is 3. The summed E-state index contributed by atoms with van der Waals surface area (Å²) in [6.45, 7) is 2.52. The molecule has 0 saturated carbocycles. The Morgan fingerprint density at radius 3 is 2.55 bits per heavy atom. The highest BCUT2D eigenvalue weighted by atomic mass is 16.5. The number of benzene rings is 2. The summed E-state index contributed by atoms with van der Waals surface area (Å²) in [5.74, 6) is -0.939. The third-order valence-electron chi connectivity index (χ3n) is 5.65. The fraction of sp³-hybridized carbons (Fsp3) is 0.348. The average Bonchev–Trinajstić information content (AvgIpc) is 3.11. The number of para-hydroxylation sites is 1. The minimum Gasteiger partial charge on any atom is -0.458 e. The molecule has 29 heavy (non-hydrogen) atoms. The van der Waals surface area contributed by atoms with E-state index >= 15 is 0 Å². The molecule has 1 saturated heterocycles. The lowest BCUT2D eigenvalue weighted by atomic mass is 9.96. The number of esters is 1. The summed E-state index contributed by atoms with van der Waals surface area (Å²) >= 11 is 0. The zero-order valence-electron chi connectivity index (χ0n) is 16.5. The first-order chi connectivity index (χ1) is 14.1. The molecular weight excluding hydrogens is 368 g/mol. The van der Waals surface area contributed by atoms with Crippen LogP contribution < -0.4 is 4.90 Å². The standard InChI is InChI=1S/C23H24N2O4/c1-2-3-15-24-21(27)18-11-7-8-12-19(18)25-20(26)13-14-23(24,25)22(28)29-16-17-9-5-4-6-10-17/h4-12H,2-3,13-16H2,1H3/t23-/m1/s1. The van der Waals surface area contributed by atoms with Gasteiger partial charge in [-0.1, -0.05) is 55.8 Å². The van der Waals surface area contributed by atoms with Crippen molar-refractivity contribution in [3.05, 3.63) is 65.7 Å². The van der Waals surface area contributed by atoms with Gasteiger partial charge < -0.3 is 9.64 Å². The summed E-state index contributed by atoms with van der Waals surface area (Å²) in [7, 11) is 0. The molecule has 2 aromatic rings. The summed E-state index contributed by atoms with van der Waals surface area (Å²) in [6.07, 6.45) is 2.05. The van der Waals surface area contributed by atoms with E-state index < -0.39 is 11.6 Å². The van der Waals surface area contributed by atoms with Gasteiger partial charge in [-0.15, -0.1) is 0 Å². The van der Waals surface area contributed by atoms with Gasteiger partial charge in [0.25, 0.3) is 5.91 Å². The molecule has 2 aromatic carbocycles. The molecule has 0 bridgehead atoms. The van der Waals surface area contributed by atoms with E-state index in [0.717, 1.165) is 18.4 Å². The molecule has 2 aliphatic rings. The van der Waals surface area contributed by atoms with Crippen LogP contribution in [0.3, 0.4) is 0 Å². The molecule has 4 rings (SSSR count). The summed E-state index contributed by atoms with van der Waals surface area (Å²) in [5.41, 5.74) is 0.387. The number of rotatable bonds is 6. The second-order valence-corrected chi connectivity index (χ2v) is 7.43. The molecule has 0 unspecified atom stereocenters. The highest BCUT2D eigenvalue weighted by molar-refractivity contribution is 6.15. The van der Waals surface area contributed by atoms with Crippen molar-refractivity contribution in [1.29, 1.82) is 0 Å². The van der Waals surface area contributed by atoms with E-state index in [2.05, 4.69) is 0 Å². The Morgan fingerprint density at radius 2 is 1.79 bits per heavy atom. The van der Waals surface area contributed by atoms with E-state index in [4.69, 9.17) is 4.74 Å². The summed E-state index contributed by atoms with van der Waals surface area (Å²) in [6, 6.07) is 16.4. The smallest absolute Gasteiger partial charge is 0.354 e. The van der Waals surface area contributed by atoms with Crippen LogP contribution in [0.4, 0.5) is 5.69 Å². The van der Waals surface area contributed by atoms with Crippen LogP contribution in [0.1, 0.15) is 48.5 Å². The van der Waals surface area contributed by atoms with E-state index in [1.807, 2.05) is 37.3 Å². The van der Waals surface area contributed by atoms with Crippen molar-refractivity contribution in [2.45, 2.75) is 44.9 Å². The first-order valence-electron chi connectivity index (χ1n) is 10.0. The Hall–Kier alpha value is -3.15. The van der Waals surface area contributed by atoms with E-state index in [0.29, 0.717) is 17.8 Å². The van der Waals surface area contributed by atoms with Crippen LogP contribution in [0, 0.1) is 0 Å². The maximum atomic E-state index is 13.4. The highest BCUT2D eigenvalue weighted by Gasteiger charge is 2.61. The average molecular weight is 392 g/mol. The van der Waals surface area contributed by atoms with Crippen LogP contribution in [0.2, 0.25) is 0 Å². The molecule has 6 heteroatoms. The number of ether oxygens (including phenoxy) is 1. The molecule has 1 atom stereocenters. The van der Waals surface area contributed by atoms with Crippen molar-refractivity contribution in [3.8, 4) is 0 Å². The van der Waals surface area contributed by atoms with Crippen LogP contribution in [0.25, 0.3) is 0 Å². The molecule has 0 spiro atoms. The van der Waals surface area contributed by atoms with Crippen molar-refractivity contribution in [1.82, 2.24) is 4.90 Å². The molecule has 0 aromatic heterocycles. The third kappa shape index (κ3) is 3.09. The van der Waals surface area contributed by atoms with E-state index in [1.54, 1.807) is 29.2 Å². The molecule has 2 heterocycles. The van der Waals surface area contributed by atoms with Crippen molar-refractivity contribution in [3.63, 3.8) is 0 Å². The molecule has 150 valence electrons. The normalized spacial score (nSPS) is 20.4. The molecule has 0 aliphatic carbocycles. The number of unbranched alkanes of at least 4 members (excludes halogenated alkanes) is 1. The zero-order chi connectivity index (χ0) is 20.4. The maximum Gasteiger partial charge on any atom is 0.354 e. The predicted octanol–water partition coefficient (Wildman–Crippen LogP) is 3.51. The number of anilines is 1.